The molecule has 1 aromatic carbocycles. The predicted octanol–water partition coefficient (Wildman–Crippen LogP) is 2.19. The van der Waals surface area contributed by atoms with E-state index in [1.54, 1.807) is 19.1 Å². The molecule has 1 N–H and O–H groups in total. The average Bonchev–Trinajstić information content (AvgIpc) is 2.13. The van der Waals surface area contributed by atoms with Crippen LogP contribution in [0.15, 0.2) is 17.1 Å². The quantitative estimate of drug-likeness (QED) is 0.584. The van der Waals surface area contributed by atoms with Crippen LogP contribution in [0.25, 0.3) is 0 Å². The fraction of sp³-hybridized carbons (Fsp3) is 0.222. The molecule has 0 aliphatic heterocycles. The Bertz CT molecular complexity index is 370. The lowest BCUT2D eigenvalue weighted by Gasteiger charge is -2.04. The second-order valence-electron chi connectivity index (χ2n) is 2.61. The molecular weight excluding hydrogens is 190 g/mol. The minimum absolute atomic E-state index is 0.0133. The number of hydrogen-bond donors (Lipinski definition) is 1. The summed E-state index contributed by atoms with van der Waals surface area (Å²) in [4.78, 5) is 13.2. The van der Waals surface area contributed by atoms with Gasteiger partial charge in [0, 0.05) is 5.56 Å². The van der Waals surface area contributed by atoms with Crippen molar-refractivity contribution in [2.45, 2.75) is 13.5 Å². The molecule has 0 aliphatic rings. The monoisotopic (exact) mass is 197 g/mol. The van der Waals surface area contributed by atoms with Crippen molar-refractivity contribution in [2.24, 2.45) is 4.99 Å². The first-order valence-corrected chi connectivity index (χ1v) is 4.05. The fourth-order valence-electron chi connectivity index (χ4n) is 0.950. The van der Waals surface area contributed by atoms with E-state index in [0.717, 1.165) is 5.56 Å². The summed E-state index contributed by atoms with van der Waals surface area (Å²) in [6.07, 6.45) is 1.40. The number of phenols is 1. The highest BCUT2D eigenvalue weighted by Crippen LogP contribution is 2.30. The van der Waals surface area contributed by atoms with Crippen molar-refractivity contribution in [3.05, 3.63) is 28.3 Å². The molecule has 68 valence electrons. The van der Waals surface area contributed by atoms with Crippen molar-refractivity contribution in [1.82, 2.24) is 0 Å². The van der Waals surface area contributed by atoms with Crippen LogP contribution >= 0.6 is 11.6 Å². The molecule has 0 amide bonds. The molecule has 0 fully saturated rings. The fourth-order valence-corrected chi connectivity index (χ4v) is 1.13. The van der Waals surface area contributed by atoms with E-state index in [9.17, 15) is 9.90 Å². The van der Waals surface area contributed by atoms with Crippen molar-refractivity contribution in [2.75, 3.05) is 0 Å². The number of benzene rings is 1. The average molecular weight is 198 g/mol. The molecule has 0 aromatic heterocycles. The Morgan fingerprint density at radius 2 is 2.31 bits per heavy atom. The van der Waals surface area contributed by atoms with Gasteiger partial charge in [0.05, 0.1) is 11.6 Å². The summed E-state index contributed by atoms with van der Waals surface area (Å²) in [5.41, 5.74) is 1.32. The normalized spacial score (nSPS) is 9.38. The number of hydrogen-bond acceptors (Lipinski definition) is 3. The van der Waals surface area contributed by atoms with Gasteiger partial charge in [-0.3, -0.25) is 0 Å². The van der Waals surface area contributed by atoms with E-state index in [0.29, 0.717) is 10.6 Å². The Morgan fingerprint density at radius 1 is 1.62 bits per heavy atom. The van der Waals surface area contributed by atoms with E-state index in [-0.39, 0.29) is 12.3 Å². The molecule has 0 bridgehead atoms. The number of nitrogens with zero attached hydrogens (tertiary/aromatic N) is 1. The Balaban J connectivity index is 3.10. The van der Waals surface area contributed by atoms with Gasteiger partial charge in [-0.15, -0.1) is 0 Å². The summed E-state index contributed by atoms with van der Waals surface area (Å²) in [6, 6.07) is 3.44. The smallest absolute Gasteiger partial charge is 0.235 e. The van der Waals surface area contributed by atoms with E-state index in [2.05, 4.69) is 4.99 Å². The zero-order chi connectivity index (χ0) is 9.84. The summed E-state index contributed by atoms with van der Waals surface area (Å²) in [5, 5.41) is 9.79. The molecule has 0 saturated heterocycles. The third-order valence-electron chi connectivity index (χ3n) is 1.71. The van der Waals surface area contributed by atoms with Crippen LogP contribution < -0.4 is 0 Å². The van der Waals surface area contributed by atoms with Gasteiger partial charge < -0.3 is 5.11 Å². The number of isocyanates is 1. The van der Waals surface area contributed by atoms with Crippen molar-refractivity contribution in [3.63, 3.8) is 0 Å². The van der Waals surface area contributed by atoms with Crippen LogP contribution in [-0.2, 0) is 11.3 Å². The zero-order valence-electron chi connectivity index (χ0n) is 7.04. The number of aliphatic imine (C=N–C) groups is 1. The van der Waals surface area contributed by atoms with Crippen LogP contribution in [0.5, 0.6) is 5.75 Å². The van der Waals surface area contributed by atoms with Crippen LogP contribution in [0.2, 0.25) is 5.02 Å². The van der Waals surface area contributed by atoms with E-state index < -0.39 is 0 Å². The maximum absolute atomic E-state index is 9.84. The van der Waals surface area contributed by atoms with Crippen LogP contribution in [-0.4, -0.2) is 11.2 Å². The number of aryl methyl sites for hydroxylation is 1. The van der Waals surface area contributed by atoms with Gasteiger partial charge >= 0.3 is 0 Å². The SMILES string of the molecule is Cc1ccc(CN=C=O)c(O)c1Cl. The van der Waals surface area contributed by atoms with Gasteiger partial charge in [0.2, 0.25) is 6.08 Å². The molecule has 0 unspecified atom stereocenters. The summed E-state index contributed by atoms with van der Waals surface area (Å²) in [6.45, 7) is 1.89. The zero-order valence-corrected chi connectivity index (χ0v) is 7.80. The minimum atomic E-state index is -0.0133. The Hall–Kier alpha value is -1.31. The molecular formula is C9H8ClNO2. The lowest BCUT2D eigenvalue weighted by molar-refractivity contribution is 0.468. The van der Waals surface area contributed by atoms with Crippen molar-refractivity contribution in [3.8, 4) is 5.75 Å². The molecule has 0 atom stereocenters. The van der Waals surface area contributed by atoms with Crippen LogP contribution in [0.4, 0.5) is 0 Å². The first kappa shape index (κ1) is 9.78. The van der Waals surface area contributed by atoms with E-state index in [1.165, 1.54) is 6.08 Å². The highest BCUT2D eigenvalue weighted by molar-refractivity contribution is 6.32. The summed E-state index contributed by atoms with van der Waals surface area (Å²) < 4.78 is 0. The summed E-state index contributed by atoms with van der Waals surface area (Å²) in [7, 11) is 0. The molecule has 0 spiro atoms. The van der Waals surface area contributed by atoms with Crippen molar-refractivity contribution < 1.29 is 9.90 Å². The van der Waals surface area contributed by atoms with Crippen molar-refractivity contribution in [1.29, 1.82) is 0 Å². The van der Waals surface area contributed by atoms with Gasteiger partial charge in [-0.1, -0.05) is 23.7 Å². The third-order valence-corrected chi connectivity index (χ3v) is 2.18. The van der Waals surface area contributed by atoms with E-state index >= 15 is 0 Å². The van der Waals surface area contributed by atoms with Crippen LogP contribution in [0.1, 0.15) is 11.1 Å². The van der Waals surface area contributed by atoms with Gasteiger partial charge in [0.1, 0.15) is 5.75 Å². The molecule has 0 aliphatic carbocycles. The van der Waals surface area contributed by atoms with E-state index in [1.807, 2.05) is 0 Å². The van der Waals surface area contributed by atoms with Crippen molar-refractivity contribution >= 4 is 17.7 Å². The lowest BCUT2D eigenvalue weighted by atomic mass is 10.1. The molecule has 0 saturated carbocycles. The first-order chi connectivity index (χ1) is 6.16. The van der Waals surface area contributed by atoms with Crippen LogP contribution in [0.3, 0.4) is 0 Å². The van der Waals surface area contributed by atoms with Crippen LogP contribution in [0, 0.1) is 6.92 Å². The summed E-state index contributed by atoms with van der Waals surface area (Å²) >= 11 is 5.77. The maximum atomic E-state index is 9.84. The largest absolute Gasteiger partial charge is 0.506 e. The molecule has 1 rings (SSSR count). The molecule has 0 heterocycles. The van der Waals surface area contributed by atoms with Gasteiger partial charge in [-0.05, 0) is 12.5 Å². The van der Waals surface area contributed by atoms with Gasteiger partial charge in [-0.2, -0.15) is 0 Å². The van der Waals surface area contributed by atoms with Gasteiger partial charge in [-0.25, -0.2) is 9.79 Å². The molecule has 13 heavy (non-hydrogen) atoms. The number of aromatic hydroxyl groups is 1. The third kappa shape index (κ3) is 2.08. The van der Waals surface area contributed by atoms with E-state index in [4.69, 9.17) is 11.6 Å². The standard InChI is InChI=1S/C9H8ClNO2/c1-6-2-3-7(4-11-5-12)9(13)8(6)10/h2-3,13H,4H2,1H3. The predicted molar refractivity (Wildman–Crippen MR) is 49.7 cm³/mol. The lowest BCUT2D eigenvalue weighted by Crippen LogP contribution is -1.85. The molecule has 0 radical (unpaired) electrons. The molecule has 4 heteroatoms. The number of phenolic OH excluding ortho intramolecular Hbond substituents is 1. The Morgan fingerprint density at radius 3 is 2.92 bits per heavy atom. The topological polar surface area (TPSA) is 49.7 Å². The molecule has 3 nitrogen and oxygen atoms in total. The minimum Gasteiger partial charge on any atom is -0.506 e. The number of carbonyl (C=O) groups excluding carboxylic acids is 1. The van der Waals surface area contributed by atoms with Gasteiger partial charge in [0.15, 0.2) is 0 Å². The number of halogens is 1. The highest BCUT2D eigenvalue weighted by atomic mass is 35.5. The Kier molecular flexibility index (Phi) is 3.07. The number of rotatable bonds is 2. The summed E-state index contributed by atoms with van der Waals surface area (Å²) in [5.74, 6) is -0.0133. The second kappa shape index (κ2) is 4.08. The first-order valence-electron chi connectivity index (χ1n) is 3.67. The second-order valence-corrected chi connectivity index (χ2v) is 2.99. The highest BCUT2D eigenvalue weighted by Gasteiger charge is 2.06. The molecule has 1 aromatic rings. The van der Waals surface area contributed by atoms with Gasteiger partial charge in [0.25, 0.3) is 0 Å². The Labute approximate surface area is 80.7 Å². The maximum Gasteiger partial charge on any atom is 0.235 e.